The molecular weight excluding hydrogens is 357 g/mol. The van der Waals surface area contributed by atoms with Crippen LogP contribution < -0.4 is 4.74 Å². The zero-order valence-electron chi connectivity index (χ0n) is 16.9. The molecule has 1 aromatic rings. The number of rotatable bonds is 7. The van der Waals surface area contributed by atoms with Crippen molar-refractivity contribution in [1.82, 2.24) is 14.7 Å². The van der Waals surface area contributed by atoms with Gasteiger partial charge in [-0.15, -0.1) is 0 Å². The molecular formula is C22H32FN3O2. The van der Waals surface area contributed by atoms with Crippen molar-refractivity contribution in [2.45, 2.75) is 57.2 Å². The Labute approximate surface area is 167 Å². The van der Waals surface area contributed by atoms with Gasteiger partial charge >= 0.3 is 0 Å². The van der Waals surface area contributed by atoms with Crippen LogP contribution in [0.5, 0.6) is 5.75 Å². The topological polar surface area (TPSA) is 36.0 Å². The van der Waals surface area contributed by atoms with Crippen molar-refractivity contribution in [3.8, 4) is 5.75 Å². The maximum atomic E-state index is 13.6. The van der Waals surface area contributed by atoms with Crippen LogP contribution in [0.15, 0.2) is 18.2 Å². The highest BCUT2D eigenvalue weighted by atomic mass is 19.1. The summed E-state index contributed by atoms with van der Waals surface area (Å²) in [6.07, 6.45) is 7.28. The lowest BCUT2D eigenvalue weighted by molar-refractivity contribution is -0.135. The molecule has 1 aliphatic heterocycles. The molecule has 0 N–H and O–H groups in total. The van der Waals surface area contributed by atoms with E-state index < -0.39 is 0 Å². The Hall–Kier alpha value is -1.66. The van der Waals surface area contributed by atoms with Gasteiger partial charge in [-0.2, -0.15) is 0 Å². The summed E-state index contributed by atoms with van der Waals surface area (Å²) in [4.78, 5) is 19.8. The van der Waals surface area contributed by atoms with Crippen LogP contribution in [-0.4, -0.2) is 72.5 Å². The maximum Gasteiger partial charge on any atom is 0.237 e. The number of amides is 1. The zero-order valence-corrected chi connectivity index (χ0v) is 16.9. The Morgan fingerprint density at radius 3 is 2.36 bits per heavy atom. The molecule has 1 amide bonds. The lowest BCUT2D eigenvalue weighted by Crippen LogP contribution is -2.51. The van der Waals surface area contributed by atoms with Crippen LogP contribution in [0.2, 0.25) is 0 Å². The number of methoxy groups -OCH3 is 1. The van der Waals surface area contributed by atoms with E-state index in [0.29, 0.717) is 31.1 Å². The van der Waals surface area contributed by atoms with Crippen molar-refractivity contribution in [3.63, 3.8) is 0 Å². The van der Waals surface area contributed by atoms with Gasteiger partial charge in [-0.3, -0.25) is 14.6 Å². The summed E-state index contributed by atoms with van der Waals surface area (Å²) in [7, 11) is 1.62. The van der Waals surface area contributed by atoms with Gasteiger partial charge in [-0.25, -0.2) is 4.39 Å². The Kier molecular flexibility index (Phi) is 6.16. The molecule has 3 aliphatic rings. The van der Waals surface area contributed by atoms with Gasteiger partial charge in [-0.1, -0.05) is 12.8 Å². The van der Waals surface area contributed by atoms with E-state index in [-0.39, 0.29) is 5.82 Å². The van der Waals surface area contributed by atoms with Crippen molar-refractivity contribution in [2.24, 2.45) is 0 Å². The van der Waals surface area contributed by atoms with Crippen LogP contribution in [0.3, 0.4) is 0 Å². The van der Waals surface area contributed by atoms with Gasteiger partial charge in [0.2, 0.25) is 5.91 Å². The molecule has 0 spiro atoms. The zero-order chi connectivity index (χ0) is 19.5. The van der Waals surface area contributed by atoms with E-state index in [0.717, 1.165) is 37.5 Å². The van der Waals surface area contributed by atoms with Crippen molar-refractivity contribution in [1.29, 1.82) is 0 Å². The van der Waals surface area contributed by atoms with Crippen LogP contribution >= 0.6 is 0 Å². The number of ether oxygens (including phenoxy) is 1. The molecule has 0 bridgehead atoms. The summed E-state index contributed by atoms with van der Waals surface area (Å²) in [6, 6.07) is 5.68. The third kappa shape index (κ3) is 4.66. The minimum Gasteiger partial charge on any atom is -0.496 e. The third-order valence-corrected chi connectivity index (χ3v) is 6.41. The summed E-state index contributed by atoms with van der Waals surface area (Å²) in [6.45, 7) is 4.77. The second-order valence-electron chi connectivity index (χ2n) is 8.48. The number of hydrogen-bond donors (Lipinski definition) is 0. The molecule has 1 aromatic carbocycles. The van der Waals surface area contributed by atoms with E-state index in [2.05, 4.69) is 14.7 Å². The maximum absolute atomic E-state index is 13.6. The molecule has 28 heavy (non-hydrogen) atoms. The monoisotopic (exact) mass is 389 g/mol. The Morgan fingerprint density at radius 2 is 1.71 bits per heavy atom. The second-order valence-corrected chi connectivity index (χ2v) is 8.48. The molecule has 2 aliphatic carbocycles. The summed E-state index contributed by atoms with van der Waals surface area (Å²) < 4.78 is 19.0. The molecule has 0 atom stereocenters. The van der Waals surface area contributed by atoms with Crippen molar-refractivity contribution in [3.05, 3.63) is 29.6 Å². The van der Waals surface area contributed by atoms with E-state index in [1.165, 1.54) is 44.6 Å². The fraction of sp³-hybridized carbons (Fsp3) is 0.682. The predicted octanol–water partition coefficient (Wildman–Crippen LogP) is 2.89. The van der Waals surface area contributed by atoms with E-state index in [4.69, 9.17) is 4.74 Å². The Morgan fingerprint density at radius 1 is 1.07 bits per heavy atom. The Balaban J connectivity index is 1.28. The van der Waals surface area contributed by atoms with Gasteiger partial charge in [0.05, 0.1) is 13.7 Å². The SMILES string of the molecule is COc1ccc(F)cc1CN1CCN(CC(=O)N(C2CCCC2)C2CC2)CC1. The highest BCUT2D eigenvalue weighted by Gasteiger charge is 2.38. The van der Waals surface area contributed by atoms with Gasteiger partial charge in [0.1, 0.15) is 11.6 Å². The van der Waals surface area contributed by atoms with Crippen LogP contribution in [0.1, 0.15) is 44.1 Å². The summed E-state index contributed by atoms with van der Waals surface area (Å²) in [5, 5.41) is 0. The largest absolute Gasteiger partial charge is 0.496 e. The van der Waals surface area contributed by atoms with Gasteiger partial charge in [0, 0.05) is 50.4 Å². The fourth-order valence-electron chi connectivity index (χ4n) is 4.73. The molecule has 154 valence electrons. The molecule has 0 unspecified atom stereocenters. The van der Waals surface area contributed by atoms with Crippen LogP contribution in [-0.2, 0) is 11.3 Å². The van der Waals surface area contributed by atoms with Gasteiger partial charge in [-0.05, 0) is 43.9 Å². The summed E-state index contributed by atoms with van der Waals surface area (Å²) >= 11 is 0. The number of benzene rings is 1. The number of piperazine rings is 1. The van der Waals surface area contributed by atoms with Crippen molar-refractivity contribution >= 4 is 5.91 Å². The normalized spacial score (nSPS) is 21.8. The molecule has 1 saturated heterocycles. The third-order valence-electron chi connectivity index (χ3n) is 6.41. The first-order valence-electron chi connectivity index (χ1n) is 10.7. The van der Waals surface area contributed by atoms with E-state index in [1.54, 1.807) is 19.2 Å². The van der Waals surface area contributed by atoms with Gasteiger partial charge in [0.25, 0.3) is 0 Å². The minimum absolute atomic E-state index is 0.230. The highest BCUT2D eigenvalue weighted by Crippen LogP contribution is 2.34. The number of carbonyl (C=O) groups excluding carboxylic acids is 1. The van der Waals surface area contributed by atoms with Crippen LogP contribution in [0.4, 0.5) is 4.39 Å². The van der Waals surface area contributed by atoms with E-state index in [1.807, 2.05) is 0 Å². The number of halogens is 1. The average molecular weight is 390 g/mol. The molecule has 1 heterocycles. The van der Waals surface area contributed by atoms with Gasteiger partial charge in [0.15, 0.2) is 0 Å². The molecule has 5 nitrogen and oxygen atoms in total. The fourth-order valence-corrected chi connectivity index (χ4v) is 4.73. The molecule has 3 fully saturated rings. The smallest absolute Gasteiger partial charge is 0.237 e. The number of hydrogen-bond acceptors (Lipinski definition) is 4. The van der Waals surface area contributed by atoms with Gasteiger partial charge < -0.3 is 9.64 Å². The summed E-state index contributed by atoms with van der Waals surface area (Å²) in [5.41, 5.74) is 0.883. The van der Waals surface area contributed by atoms with Crippen molar-refractivity contribution < 1.29 is 13.9 Å². The lowest BCUT2D eigenvalue weighted by atomic mass is 10.1. The van der Waals surface area contributed by atoms with Crippen LogP contribution in [0, 0.1) is 5.82 Å². The predicted molar refractivity (Wildman–Crippen MR) is 107 cm³/mol. The number of nitrogens with zero attached hydrogens (tertiary/aromatic N) is 3. The minimum atomic E-state index is -0.230. The standard InChI is InChI=1S/C22H32FN3O2/c1-28-21-9-6-18(23)14-17(21)15-24-10-12-25(13-11-24)16-22(27)26(20-7-8-20)19-4-2-3-5-19/h6,9,14,19-20H,2-5,7-8,10-13,15-16H2,1H3. The first-order valence-corrected chi connectivity index (χ1v) is 10.7. The molecule has 6 heteroatoms. The number of carbonyl (C=O) groups is 1. The molecule has 2 saturated carbocycles. The quantitative estimate of drug-likeness (QED) is 0.719. The second kappa shape index (κ2) is 8.78. The van der Waals surface area contributed by atoms with E-state index in [9.17, 15) is 9.18 Å². The molecule has 0 radical (unpaired) electrons. The van der Waals surface area contributed by atoms with E-state index >= 15 is 0 Å². The van der Waals surface area contributed by atoms with Crippen molar-refractivity contribution in [2.75, 3.05) is 39.8 Å². The lowest BCUT2D eigenvalue weighted by Gasteiger charge is -2.37. The molecule has 4 rings (SSSR count). The average Bonchev–Trinajstić information content (AvgIpc) is 3.37. The first kappa shape index (κ1) is 19.6. The first-order chi connectivity index (χ1) is 13.6. The van der Waals surface area contributed by atoms with Crippen LogP contribution in [0.25, 0.3) is 0 Å². The highest BCUT2D eigenvalue weighted by molar-refractivity contribution is 5.79. The molecule has 0 aromatic heterocycles. The Bertz CT molecular complexity index is 680. The summed E-state index contributed by atoms with van der Waals surface area (Å²) in [5.74, 6) is 0.831.